The maximum Gasteiger partial charge on any atom is 0.304 e. The van der Waals surface area contributed by atoms with Gasteiger partial charge in [0, 0.05) is 28.9 Å². The third kappa shape index (κ3) is 11.0. The monoisotopic (exact) mass is 466 g/mol. The zero-order valence-corrected chi connectivity index (χ0v) is 20.8. The van der Waals surface area contributed by atoms with E-state index in [1.807, 2.05) is 30.3 Å². The molecule has 0 unspecified atom stereocenters. The SMILES string of the molecule is CCCCCCCCCCCCC/C=C\C[C@H](CC(=O)O)C(=O)Nc1cccc2cnccc12. The maximum atomic E-state index is 12.8. The van der Waals surface area contributed by atoms with E-state index in [1.54, 1.807) is 12.4 Å². The summed E-state index contributed by atoms with van der Waals surface area (Å²) >= 11 is 0. The molecule has 0 aliphatic heterocycles. The number of allylic oxidation sites excluding steroid dienone is 2. The molecular weight excluding hydrogens is 424 g/mol. The molecule has 34 heavy (non-hydrogen) atoms. The number of anilines is 1. The number of aliphatic carboxylic acids is 1. The van der Waals surface area contributed by atoms with Crippen molar-refractivity contribution in [1.82, 2.24) is 4.98 Å². The first-order valence-corrected chi connectivity index (χ1v) is 13.1. The second-order valence-electron chi connectivity index (χ2n) is 9.22. The number of carboxylic acid groups (broad SMARTS) is 1. The van der Waals surface area contributed by atoms with Crippen LogP contribution in [0, 0.1) is 5.92 Å². The minimum atomic E-state index is -0.957. The van der Waals surface area contributed by atoms with Crippen LogP contribution in [0.15, 0.2) is 48.8 Å². The summed E-state index contributed by atoms with van der Waals surface area (Å²) in [6, 6.07) is 7.48. The number of nitrogens with zero attached hydrogens (tertiary/aromatic N) is 1. The summed E-state index contributed by atoms with van der Waals surface area (Å²) in [7, 11) is 0. The summed E-state index contributed by atoms with van der Waals surface area (Å²) in [6.45, 7) is 2.26. The average molecular weight is 467 g/mol. The van der Waals surface area contributed by atoms with E-state index in [0.717, 1.165) is 23.6 Å². The van der Waals surface area contributed by atoms with Crippen molar-refractivity contribution in [3.63, 3.8) is 0 Å². The van der Waals surface area contributed by atoms with E-state index >= 15 is 0 Å². The maximum absolute atomic E-state index is 12.8. The summed E-state index contributed by atoms with van der Waals surface area (Å²) in [5, 5.41) is 14.0. The summed E-state index contributed by atoms with van der Waals surface area (Å²) in [5.74, 6) is -1.81. The molecule has 2 N–H and O–H groups in total. The first-order chi connectivity index (χ1) is 16.6. The van der Waals surface area contributed by atoms with E-state index in [0.29, 0.717) is 12.1 Å². The predicted molar refractivity (Wildman–Crippen MR) is 141 cm³/mol. The zero-order chi connectivity index (χ0) is 24.4. The van der Waals surface area contributed by atoms with Crippen LogP contribution in [0.1, 0.15) is 96.8 Å². The first-order valence-electron chi connectivity index (χ1n) is 13.1. The molecule has 0 spiro atoms. The highest BCUT2D eigenvalue weighted by atomic mass is 16.4. The number of aromatic nitrogens is 1. The van der Waals surface area contributed by atoms with Gasteiger partial charge in [0.2, 0.25) is 5.91 Å². The lowest BCUT2D eigenvalue weighted by atomic mass is 9.99. The Kier molecular flexibility index (Phi) is 13.7. The van der Waals surface area contributed by atoms with Gasteiger partial charge in [0.05, 0.1) is 12.3 Å². The van der Waals surface area contributed by atoms with Crippen molar-refractivity contribution in [3.8, 4) is 0 Å². The quantitative estimate of drug-likeness (QED) is 0.173. The fraction of sp³-hybridized carbons (Fsp3) is 0.552. The molecular formula is C29H42N2O3. The lowest BCUT2D eigenvalue weighted by Crippen LogP contribution is -2.25. The van der Waals surface area contributed by atoms with Gasteiger partial charge >= 0.3 is 5.97 Å². The van der Waals surface area contributed by atoms with Crippen molar-refractivity contribution in [2.24, 2.45) is 5.92 Å². The van der Waals surface area contributed by atoms with Crippen molar-refractivity contribution in [3.05, 3.63) is 48.8 Å². The molecule has 1 amide bonds. The molecule has 0 saturated heterocycles. The van der Waals surface area contributed by atoms with E-state index in [9.17, 15) is 14.7 Å². The number of pyridine rings is 1. The summed E-state index contributed by atoms with van der Waals surface area (Å²) in [6.07, 6.45) is 23.3. The van der Waals surface area contributed by atoms with Crippen molar-refractivity contribution in [2.75, 3.05) is 5.32 Å². The van der Waals surface area contributed by atoms with Gasteiger partial charge in [-0.05, 0) is 31.4 Å². The van der Waals surface area contributed by atoms with Crippen LogP contribution in [-0.4, -0.2) is 22.0 Å². The van der Waals surface area contributed by atoms with Gasteiger partial charge < -0.3 is 10.4 Å². The van der Waals surface area contributed by atoms with E-state index in [2.05, 4.69) is 23.3 Å². The second kappa shape index (κ2) is 16.9. The normalized spacial score (nSPS) is 12.3. The number of carbonyl (C=O) groups excluding carboxylic acids is 1. The summed E-state index contributed by atoms with van der Waals surface area (Å²) in [4.78, 5) is 28.3. The number of hydrogen-bond acceptors (Lipinski definition) is 3. The number of nitrogens with one attached hydrogen (secondary N) is 1. The molecule has 5 heteroatoms. The van der Waals surface area contributed by atoms with Crippen molar-refractivity contribution in [1.29, 1.82) is 0 Å². The Hall–Kier alpha value is -2.69. The van der Waals surface area contributed by atoms with Gasteiger partial charge in [-0.15, -0.1) is 0 Å². The molecule has 0 radical (unpaired) electrons. The molecule has 1 aromatic heterocycles. The van der Waals surface area contributed by atoms with Gasteiger partial charge in [-0.3, -0.25) is 14.6 Å². The van der Waals surface area contributed by atoms with Crippen LogP contribution in [0.25, 0.3) is 10.8 Å². The Bertz CT molecular complexity index is 889. The van der Waals surface area contributed by atoms with E-state index in [-0.39, 0.29) is 12.3 Å². The van der Waals surface area contributed by atoms with Gasteiger partial charge in [-0.2, -0.15) is 0 Å². The molecule has 2 aromatic rings. The van der Waals surface area contributed by atoms with Crippen LogP contribution in [-0.2, 0) is 9.59 Å². The van der Waals surface area contributed by atoms with Gasteiger partial charge in [-0.1, -0.05) is 95.4 Å². The highest BCUT2D eigenvalue weighted by Gasteiger charge is 2.21. The lowest BCUT2D eigenvalue weighted by Gasteiger charge is -2.14. The zero-order valence-electron chi connectivity index (χ0n) is 20.8. The third-order valence-corrected chi connectivity index (χ3v) is 6.29. The highest BCUT2D eigenvalue weighted by molar-refractivity contribution is 6.03. The van der Waals surface area contributed by atoms with Crippen molar-refractivity contribution >= 4 is 28.3 Å². The Balaban J connectivity index is 1.67. The van der Waals surface area contributed by atoms with E-state index in [4.69, 9.17) is 0 Å². The van der Waals surface area contributed by atoms with Gasteiger partial charge in [-0.25, -0.2) is 0 Å². The number of carboxylic acids is 1. The highest BCUT2D eigenvalue weighted by Crippen LogP contribution is 2.24. The number of hydrogen-bond donors (Lipinski definition) is 2. The van der Waals surface area contributed by atoms with E-state index < -0.39 is 11.9 Å². The number of carbonyl (C=O) groups is 2. The lowest BCUT2D eigenvalue weighted by molar-refractivity contribution is -0.140. The fourth-order valence-electron chi connectivity index (χ4n) is 4.26. The molecule has 0 fully saturated rings. The van der Waals surface area contributed by atoms with Gasteiger partial charge in [0.15, 0.2) is 0 Å². The summed E-state index contributed by atoms with van der Waals surface area (Å²) in [5.41, 5.74) is 0.685. The first kappa shape index (κ1) is 27.6. The Labute approximate surface area is 205 Å². The topological polar surface area (TPSA) is 79.3 Å². The van der Waals surface area contributed by atoms with Crippen LogP contribution in [0.2, 0.25) is 0 Å². The molecule has 1 heterocycles. The Morgan fingerprint density at radius 1 is 0.941 bits per heavy atom. The minimum absolute atomic E-state index is 0.180. The number of fused-ring (bicyclic) bond motifs is 1. The van der Waals surface area contributed by atoms with Crippen LogP contribution in [0.5, 0.6) is 0 Å². The van der Waals surface area contributed by atoms with Crippen LogP contribution in [0.3, 0.4) is 0 Å². The van der Waals surface area contributed by atoms with Crippen LogP contribution in [0.4, 0.5) is 5.69 Å². The molecule has 2 rings (SSSR count). The number of amides is 1. The van der Waals surface area contributed by atoms with Crippen molar-refractivity contribution in [2.45, 2.75) is 96.8 Å². The Morgan fingerprint density at radius 2 is 1.62 bits per heavy atom. The largest absolute Gasteiger partial charge is 0.481 e. The minimum Gasteiger partial charge on any atom is -0.481 e. The molecule has 1 atom stereocenters. The molecule has 0 aliphatic carbocycles. The van der Waals surface area contributed by atoms with Crippen LogP contribution >= 0.6 is 0 Å². The van der Waals surface area contributed by atoms with Gasteiger partial charge in [0.25, 0.3) is 0 Å². The van der Waals surface area contributed by atoms with E-state index in [1.165, 1.54) is 64.2 Å². The number of rotatable bonds is 18. The standard InChI is InChI=1S/C29H42N2O3/c1-2-3-4-5-6-7-8-9-10-11-12-13-14-15-17-24(22-28(32)33)29(34)31-27-19-16-18-25-23-30-21-20-26(25)27/h14-16,18-21,23-24H,2-13,17,22H2,1H3,(H,31,34)(H,32,33)/b15-14-/t24-/m1/s1. The number of benzene rings is 1. The predicted octanol–water partition coefficient (Wildman–Crippen LogP) is 7.91. The Morgan fingerprint density at radius 3 is 2.29 bits per heavy atom. The molecule has 0 aliphatic rings. The second-order valence-corrected chi connectivity index (χ2v) is 9.22. The van der Waals surface area contributed by atoms with Crippen LogP contribution < -0.4 is 5.32 Å². The molecule has 186 valence electrons. The summed E-state index contributed by atoms with van der Waals surface area (Å²) < 4.78 is 0. The third-order valence-electron chi connectivity index (χ3n) is 6.29. The van der Waals surface area contributed by atoms with Crippen molar-refractivity contribution < 1.29 is 14.7 Å². The smallest absolute Gasteiger partial charge is 0.304 e. The molecule has 0 bridgehead atoms. The fourth-order valence-corrected chi connectivity index (χ4v) is 4.26. The number of unbranched alkanes of at least 4 members (excludes halogenated alkanes) is 11. The molecule has 1 aromatic carbocycles. The average Bonchev–Trinajstić information content (AvgIpc) is 2.83. The molecule has 0 saturated carbocycles. The van der Waals surface area contributed by atoms with Gasteiger partial charge in [0.1, 0.15) is 0 Å². The molecule has 5 nitrogen and oxygen atoms in total.